The van der Waals surface area contributed by atoms with Crippen molar-refractivity contribution in [3.8, 4) is 0 Å². The van der Waals surface area contributed by atoms with Gasteiger partial charge in [0.1, 0.15) is 5.82 Å². The zero-order valence-electron chi connectivity index (χ0n) is 9.94. The van der Waals surface area contributed by atoms with E-state index in [4.69, 9.17) is 0 Å². The summed E-state index contributed by atoms with van der Waals surface area (Å²) in [6, 6.07) is 5.42. The molecule has 1 atom stereocenters. The van der Waals surface area contributed by atoms with E-state index >= 15 is 0 Å². The van der Waals surface area contributed by atoms with Crippen LogP contribution in [-0.4, -0.2) is 20.1 Å². The molecule has 1 aromatic carbocycles. The minimum absolute atomic E-state index is 0.0310. The van der Waals surface area contributed by atoms with E-state index in [0.717, 1.165) is 31.5 Å². The summed E-state index contributed by atoms with van der Waals surface area (Å²) in [6.07, 6.45) is 2.25. The van der Waals surface area contributed by atoms with E-state index in [1.54, 1.807) is 6.07 Å². The maximum atomic E-state index is 13.3. The highest BCUT2D eigenvalue weighted by atomic mass is 19.1. The molecular weight excluding hydrogens is 203 g/mol. The molecule has 88 valence electrons. The fourth-order valence-corrected chi connectivity index (χ4v) is 2.45. The minimum atomic E-state index is -0.126. The molecule has 0 bridgehead atoms. The van der Waals surface area contributed by atoms with Gasteiger partial charge in [0.05, 0.1) is 5.54 Å². The van der Waals surface area contributed by atoms with Crippen molar-refractivity contribution >= 4 is 0 Å². The minimum Gasteiger partial charge on any atom is -0.315 e. The molecule has 1 aromatic rings. The third kappa shape index (κ3) is 1.97. The maximum Gasteiger partial charge on any atom is 0.126 e. The Morgan fingerprint density at radius 2 is 2.25 bits per heavy atom. The molecule has 0 saturated carbocycles. The first-order valence-corrected chi connectivity index (χ1v) is 5.84. The lowest BCUT2D eigenvalue weighted by molar-refractivity contribution is 0.269. The molecule has 3 heteroatoms. The lowest BCUT2D eigenvalue weighted by Crippen LogP contribution is -2.51. The zero-order chi connectivity index (χ0) is 11.6. The average Bonchev–Trinajstić information content (AvgIpc) is 2.33. The average molecular weight is 222 g/mol. The molecule has 1 unspecified atom stereocenters. The summed E-state index contributed by atoms with van der Waals surface area (Å²) in [5.74, 6) is -0.126. The molecule has 0 spiro atoms. The molecule has 1 fully saturated rings. The summed E-state index contributed by atoms with van der Waals surface area (Å²) in [7, 11) is 1.98. The molecule has 2 rings (SSSR count). The number of likely N-dealkylation sites (N-methyl/N-ethyl adjacent to an activating group) is 1. The van der Waals surface area contributed by atoms with Gasteiger partial charge in [-0.1, -0.05) is 12.1 Å². The van der Waals surface area contributed by atoms with Crippen molar-refractivity contribution in [1.29, 1.82) is 0 Å². The highest BCUT2D eigenvalue weighted by Crippen LogP contribution is 2.29. The van der Waals surface area contributed by atoms with Crippen molar-refractivity contribution in [2.75, 3.05) is 20.1 Å². The number of hydrogen-bond acceptors (Lipinski definition) is 2. The van der Waals surface area contributed by atoms with Crippen molar-refractivity contribution in [3.63, 3.8) is 0 Å². The number of hydrogen-bond donors (Lipinski definition) is 2. The van der Waals surface area contributed by atoms with Gasteiger partial charge in [0.2, 0.25) is 0 Å². The van der Waals surface area contributed by atoms with Crippen molar-refractivity contribution in [2.45, 2.75) is 25.3 Å². The molecule has 0 amide bonds. The predicted molar refractivity (Wildman–Crippen MR) is 64.0 cm³/mol. The van der Waals surface area contributed by atoms with Gasteiger partial charge in [-0.15, -0.1) is 0 Å². The Kier molecular flexibility index (Phi) is 3.26. The van der Waals surface area contributed by atoms with Gasteiger partial charge in [-0.25, -0.2) is 4.39 Å². The summed E-state index contributed by atoms with van der Waals surface area (Å²) in [4.78, 5) is 0. The van der Waals surface area contributed by atoms with E-state index in [1.165, 1.54) is 5.56 Å². The maximum absolute atomic E-state index is 13.3. The van der Waals surface area contributed by atoms with E-state index in [0.29, 0.717) is 0 Å². The van der Waals surface area contributed by atoms with Crippen molar-refractivity contribution in [3.05, 3.63) is 35.1 Å². The second-order valence-electron chi connectivity index (χ2n) is 4.58. The molecule has 1 heterocycles. The van der Waals surface area contributed by atoms with Gasteiger partial charge in [0.15, 0.2) is 0 Å². The normalized spacial score (nSPS) is 25.7. The van der Waals surface area contributed by atoms with Crippen LogP contribution in [0.1, 0.15) is 24.0 Å². The quantitative estimate of drug-likeness (QED) is 0.799. The van der Waals surface area contributed by atoms with Gasteiger partial charge in [-0.05, 0) is 50.6 Å². The van der Waals surface area contributed by atoms with Crippen LogP contribution in [-0.2, 0) is 5.54 Å². The van der Waals surface area contributed by atoms with Gasteiger partial charge in [-0.2, -0.15) is 0 Å². The lowest BCUT2D eigenvalue weighted by Gasteiger charge is -2.38. The molecule has 0 aliphatic carbocycles. The van der Waals surface area contributed by atoms with Crippen LogP contribution in [0, 0.1) is 12.7 Å². The summed E-state index contributed by atoms with van der Waals surface area (Å²) in [5.41, 5.74) is 1.87. The van der Waals surface area contributed by atoms with Crippen LogP contribution in [0.15, 0.2) is 18.2 Å². The Bertz CT molecular complexity index is 370. The molecule has 1 saturated heterocycles. The van der Waals surface area contributed by atoms with E-state index in [-0.39, 0.29) is 11.4 Å². The fraction of sp³-hybridized carbons (Fsp3) is 0.538. The number of piperidine rings is 1. The lowest BCUT2D eigenvalue weighted by atomic mass is 9.82. The predicted octanol–water partition coefficient (Wildman–Crippen LogP) is 1.93. The second kappa shape index (κ2) is 4.52. The van der Waals surface area contributed by atoms with Crippen LogP contribution >= 0.6 is 0 Å². The monoisotopic (exact) mass is 222 g/mol. The van der Waals surface area contributed by atoms with Gasteiger partial charge < -0.3 is 10.6 Å². The summed E-state index contributed by atoms with van der Waals surface area (Å²) in [5, 5.41) is 6.80. The fourth-order valence-electron chi connectivity index (χ4n) is 2.45. The van der Waals surface area contributed by atoms with Crippen LogP contribution < -0.4 is 10.6 Å². The van der Waals surface area contributed by atoms with Crippen LogP contribution in [0.4, 0.5) is 4.39 Å². The molecule has 2 nitrogen and oxygen atoms in total. The Morgan fingerprint density at radius 3 is 2.81 bits per heavy atom. The topological polar surface area (TPSA) is 24.1 Å². The van der Waals surface area contributed by atoms with E-state index in [1.807, 2.05) is 26.1 Å². The Labute approximate surface area is 96.2 Å². The van der Waals surface area contributed by atoms with E-state index in [2.05, 4.69) is 10.6 Å². The first-order chi connectivity index (χ1) is 7.68. The number of halogens is 1. The molecule has 1 aliphatic heterocycles. The zero-order valence-corrected chi connectivity index (χ0v) is 9.94. The van der Waals surface area contributed by atoms with E-state index in [9.17, 15) is 4.39 Å². The van der Waals surface area contributed by atoms with E-state index < -0.39 is 0 Å². The van der Waals surface area contributed by atoms with Gasteiger partial charge in [0.25, 0.3) is 0 Å². The highest BCUT2D eigenvalue weighted by Gasteiger charge is 2.32. The first kappa shape index (κ1) is 11.6. The Hall–Kier alpha value is -0.930. The molecular formula is C13H19FN2. The Morgan fingerprint density at radius 1 is 1.44 bits per heavy atom. The van der Waals surface area contributed by atoms with Crippen molar-refractivity contribution in [2.24, 2.45) is 0 Å². The summed E-state index contributed by atoms with van der Waals surface area (Å²) < 4.78 is 13.3. The largest absolute Gasteiger partial charge is 0.315 e. The highest BCUT2D eigenvalue weighted by molar-refractivity contribution is 5.31. The molecule has 0 aromatic heterocycles. The van der Waals surface area contributed by atoms with Crippen molar-refractivity contribution in [1.82, 2.24) is 10.6 Å². The second-order valence-corrected chi connectivity index (χ2v) is 4.58. The van der Waals surface area contributed by atoms with Crippen LogP contribution in [0.3, 0.4) is 0 Å². The van der Waals surface area contributed by atoms with Crippen LogP contribution in [0.5, 0.6) is 0 Å². The van der Waals surface area contributed by atoms with Gasteiger partial charge in [-0.3, -0.25) is 0 Å². The number of rotatable bonds is 2. The first-order valence-electron chi connectivity index (χ1n) is 5.84. The molecule has 16 heavy (non-hydrogen) atoms. The van der Waals surface area contributed by atoms with Gasteiger partial charge in [0, 0.05) is 6.54 Å². The summed E-state index contributed by atoms with van der Waals surface area (Å²) in [6.45, 7) is 3.80. The smallest absolute Gasteiger partial charge is 0.126 e. The molecule has 2 N–H and O–H groups in total. The Balaban J connectivity index is 2.35. The molecule has 0 radical (unpaired) electrons. The summed E-state index contributed by atoms with van der Waals surface area (Å²) >= 11 is 0. The third-order valence-corrected chi connectivity index (χ3v) is 3.57. The van der Waals surface area contributed by atoms with Crippen LogP contribution in [0.25, 0.3) is 0 Å². The number of benzene rings is 1. The van der Waals surface area contributed by atoms with Crippen LogP contribution in [0.2, 0.25) is 0 Å². The standard InChI is InChI=1S/C13H19FN2/c1-10-8-11(4-5-12(10)14)13(15-2)6-3-7-16-9-13/h4-5,8,15-16H,3,6-7,9H2,1-2H3. The SMILES string of the molecule is CNC1(c2ccc(F)c(C)c2)CCCNC1. The third-order valence-electron chi connectivity index (χ3n) is 3.57. The number of aryl methyl sites for hydroxylation is 1. The van der Waals surface area contributed by atoms with Gasteiger partial charge >= 0.3 is 0 Å². The van der Waals surface area contributed by atoms with Crippen molar-refractivity contribution < 1.29 is 4.39 Å². The molecule has 1 aliphatic rings. The number of nitrogens with one attached hydrogen (secondary N) is 2.